The second-order valence-electron chi connectivity index (χ2n) is 8.94. The summed E-state index contributed by atoms with van der Waals surface area (Å²) >= 11 is 0. The summed E-state index contributed by atoms with van der Waals surface area (Å²) in [6.45, 7) is 2.30. The van der Waals surface area contributed by atoms with Crippen molar-refractivity contribution in [2.45, 2.75) is 56.7 Å². The minimum atomic E-state index is -1.06. The van der Waals surface area contributed by atoms with Gasteiger partial charge < -0.3 is 25.2 Å². The number of carbonyl (C=O) groups is 3. The number of ether oxygens (including phenoxy) is 1. The molecular weight excluding hydrogens is 436 g/mol. The van der Waals surface area contributed by atoms with Gasteiger partial charge in [0.2, 0.25) is 5.91 Å². The molecule has 3 atom stereocenters. The molecule has 8 heteroatoms. The summed E-state index contributed by atoms with van der Waals surface area (Å²) in [5.74, 6) is -1.58. The molecule has 2 aromatic rings. The van der Waals surface area contributed by atoms with E-state index < -0.39 is 36.2 Å². The van der Waals surface area contributed by atoms with Gasteiger partial charge in [0.15, 0.2) is 0 Å². The molecule has 0 bridgehead atoms. The van der Waals surface area contributed by atoms with Crippen LogP contribution < -0.4 is 5.32 Å². The molecule has 3 N–H and O–H groups in total. The van der Waals surface area contributed by atoms with E-state index in [2.05, 4.69) is 5.32 Å². The maximum atomic E-state index is 13.1. The predicted molar refractivity (Wildman–Crippen MR) is 125 cm³/mol. The van der Waals surface area contributed by atoms with Crippen LogP contribution in [0.25, 0.3) is 11.1 Å². The Hall–Kier alpha value is -3.39. The molecule has 4 rings (SSSR count). The van der Waals surface area contributed by atoms with Crippen molar-refractivity contribution in [3.8, 4) is 11.1 Å². The van der Waals surface area contributed by atoms with E-state index in [9.17, 15) is 19.5 Å². The standard InChI is InChI=1S/C26H30N2O6/c1-16-23(29)11-6-14-28(16)25(32)22(12-13-24(30)31)27-26(33)34-15-21-19-9-4-2-7-17(19)18-8-3-5-10-20(18)21/h2-5,7-10,16,21-23,29H,6,11-15H2,1H3,(H,27,33)(H,30,31). The average Bonchev–Trinajstić information content (AvgIpc) is 3.15. The third kappa shape index (κ3) is 4.92. The van der Waals surface area contributed by atoms with Gasteiger partial charge in [-0.2, -0.15) is 0 Å². The Bertz CT molecular complexity index is 1030. The summed E-state index contributed by atoms with van der Waals surface area (Å²) in [7, 11) is 0. The van der Waals surface area contributed by atoms with Crippen molar-refractivity contribution in [2.24, 2.45) is 0 Å². The number of benzene rings is 2. The van der Waals surface area contributed by atoms with E-state index in [0.29, 0.717) is 19.4 Å². The van der Waals surface area contributed by atoms with E-state index in [1.54, 1.807) is 6.92 Å². The number of piperidine rings is 1. The number of alkyl carbamates (subject to hydrolysis) is 1. The Morgan fingerprint density at radius 2 is 1.71 bits per heavy atom. The average molecular weight is 467 g/mol. The quantitative estimate of drug-likeness (QED) is 0.577. The van der Waals surface area contributed by atoms with Gasteiger partial charge in [-0.05, 0) is 48.4 Å². The first-order valence-electron chi connectivity index (χ1n) is 11.7. The van der Waals surface area contributed by atoms with Gasteiger partial charge in [0.1, 0.15) is 12.6 Å². The number of amides is 2. The molecule has 34 heavy (non-hydrogen) atoms. The van der Waals surface area contributed by atoms with Gasteiger partial charge in [-0.1, -0.05) is 48.5 Å². The zero-order valence-corrected chi connectivity index (χ0v) is 19.1. The minimum Gasteiger partial charge on any atom is -0.481 e. The van der Waals surface area contributed by atoms with Gasteiger partial charge in [0.05, 0.1) is 12.1 Å². The Morgan fingerprint density at radius 3 is 2.32 bits per heavy atom. The molecule has 180 valence electrons. The van der Waals surface area contributed by atoms with Crippen molar-refractivity contribution in [1.29, 1.82) is 0 Å². The molecule has 2 aliphatic rings. The van der Waals surface area contributed by atoms with Crippen molar-refractivity contribution in [1.82, 2.24) is 10.2 Å². The molecule has 3 unspecified atom stereocenters. The molecule has 0 spiro atoms. The molecule has 8 nitrogen and oxygen atoms in total. The summed E-state index contributed by atoms with van der Waals surface area (Å²) in [5.41, 5.74) is 4.37. The monoisotopic (exact) mass is 466 g/mol. The maximum absolute atomic E-state index is 13.1. The number of aliphatic carboxylic acids is 1. The SMILES string of the molecule is CC1C(O)CCCN1C(=O)C(CCC(=O)O)NC(=O)OCC1c2ccccc2-c2ccccc21. The second kappa shape index (κ2) is 10.3. The van der Waals surface area contributed by atoms with E-state index in [1.807, 2.05) is 48.5 Å². The zero-order valence-electron chi connectivity index (χ0n) is 19.1. The lowest BCUT2D eigenvalue weighted by Gasteiger charge is -2.38. The molecule has 1 aliphatic carbocycles. The van der Waals surface area contributed by atoms with E-state index in [1.165, 1.54) is 4.90 Å². The van der Waals surface area contributed by atoms with Crippen LogP contribution in [0.15, 0.2) is 48.5 Å². The Morgan fingerprint density at radius 1 is 1.09 bits per heavy atom. The fourth-order valence-electron chi connectivity index (χ4n) is 4.94. The number of hydrogen-bond acceptors (Lipinski definition) is 5. The van der Waals surface area contributed by atoms with Crippen LogP contribution in [0.1, 0.15) is 49.7 Å². The van der Waals surface area contributed by atoms with Crippen LogP contribution in [0.3, 0.4) is 0 Å². The summed E-state index contributed by atoms with van der Waals surface area (Å²) in [6.07, 6.45) is -0.496. The highest BCUT2D eigenvalue weighted by molar-refractivity contribution is 5.86. The normalized spacial score (nSPS) is 20.2. The molecule has 0 radical (unpaired) electrons. The zero-order chi connectivity index (χ0) is 24.2. The lowest BCUT2D eigenvalue weighted by molar-refractivity contribution is -0.141. The van der Waals surface area contributed by atoms with Gasteiger partial charge in [-0.3, -0.25) is 9.59 Å². The topological polar surface area (TPSA) is 116 Å². The number of carbonyl (C=O) groups excluding carboxylic acids is 2. The summed E-state index contributed by atoms with van der Waals surface area (Å²) < 4.78 is 5.54. The molecule has 2 amide bonds. The van der Waals surface area contributed by atoms with Crippen molar-refractivity contribution in [3.05, 3.63) is 59.7 Å². The molecule has 1 fully saturated rings. The fourth-order valence-corrected chi connectivity index (χ4v) is 4.94. The highest BCUT2D eigenvalue weighted by Crippen LogP contribution is 2.44. The Balaban J connectivity index is 1.44. The van der Waals surface area contributed by atoms with Crippen LogP contribution >= 0.6 is 0 Å². The molecule has 1 saturated heterocycles. The van der Waals surface area contributed by atoms with Crippen molar-refractivity contribution >= 4 is 18.0 Å². The van der Waals surface area contributed by atoms with E-state index in [0.717, 1.165) is 22.3 Å². The lowest BCUT2D eigenvalue weighted by atomic mass is 9.98. The van der Waals surface area contributed by atoms with E-state index in [4.69, 9.17) is 9.84 Å². The molecule has 0 aromatic heterocycles. The van der Waals surface area contributed by atoms with Crippen LogP contribution in [0, 0.1) is 0 Å². The van der Waals surface area contributed by atoms with Crippen molar-refractivity contribution < 1.29 is 29.3 Å². The third-order valence-electron chi connectivity index (χ3n) is 6.81. The van der Waals surface area contributed by atoms with E-state index in [-0.39, 0.29) is 25.4 Å². The molecule has 1 heterocycles. The number of carboxylic acids is 1. The first-order chi connectivity index (χ1) is 16.4. The molecular formula is C26H30N2O6. The van der Waals surface area contributed by atoms with E-state index >= 15 is 0 Å². The summed E-state index contributed by atoms with van der Waals surface area (Å²) in [4.78, 5) is 38.5. The third-order valence-corrected chi connectivity index (χ3v) is 6.81. The van der Waals surface area contributed by atoms with Crippen molar-refractivity contribution in [3.63, 3.8) is 0 Å². The predicted octanol–water partition coefficient (Wildman–Crippen LogP) is 3.13. The second-order valence-corrected chi connectivity index (χ2v) is 8.94. The lowest BCUT2D eigenvalue weighted by Crippen LogP contribution is -2.56. The Kier molecular flexibility index (Phi) is 7.17. The number of rotatable bonds is 7. The maximum Gasteiger partial charge on any atom is 0.407 e. The fraction of sp³-hybridized carbons (Fsp3) is 0.423. The first kappa shape index (κ1) is 23.8. The molecule has 2 aromatic carbocycles. The number of nitrogens with one attached hydrogen (secondary N) is 1. The Labute approximate surface area is 198 Å². The van der Waals surface area contributed by atoms with Crippen LogP contribution in [-0.4, -0.2) is 64.4 Å². The van der Waals surface area contributed by atoms with Gasteiger partial charge >= 0.3 is 12.1 Å². The van der Waals surface area contributed by atoms with Crippen molar-refractivity contribution in [2.75, 3.05) is 13.2 Å². The molecule has 1 aliphatic heterocycles. The van der Waals surface area contributed by atoms with Gasteiger partial charge in [-0.15, -0.1) is 0 Å². The summed E-state index contributed by atoms with van der Waals surface area (Å²) in [6, 6.07) is 14.5. The number of carboxylic acid groups (broad SMARTS) is 1. The minimum absolute atomic E-state index is 0.0579. The number of hydrogen-bond donors (Lipinski definition) is 3. The highest BCUT2D eigenvalue weighted by atomic mass is 16.5. The number of aliphatic hydroxyl groups excluding tert-OH is 1. The molecule has 0 saturated carbocycles. The number of fused-ring (bicyclic) bond motifs is 3. The van der Waals surface area contributed by atoms with Crippen LogP contribution in [0.5, 0.6) is 0 Å². The number of nitrogens with zero attached hydrogens (tertiary/aromatic N) is 1. The van der Waals surface area contributed by atoms with Crippen LogP contribution in [0.4, 0.5) is 4.79 Å². The van der Waals surface area contributed by atoms with Crippen LogP contribution in [-0.2, 0) is 14.3 Å². The van der Waals surface area contributed by atoms with Gasteiger partial charge in [-0.25, -0.2) is 4.79 Å². The highest BCUT2D eigenvalue weighted by Gasteiger charge is 2.35. The number of likely N-dealkylation sites (tertiary alicyclic amines) is 1. The smallest absolute Gasteiger partial charge is 0.407 e. The first-order valence-corrected chi connectivity index (χ1v) is 11.7. The van der Waals surface area contributed by atoms with Gasteiger partial charge in [0, 0.05) is 18.9 Å². The van der Waals surface area contributed by atoms with Gasteiger partial charge in [0.25, 0.3) is 0 Å². The van der Waals surface area contributed by atoms with Crippen LogP contribution in [0.2, 0.25) is 0 Å². The largest absolute Gasteiger partial charge is 0.481 e. The summed E-state index contributed by atoms with van der Waals surface area (Å²) in [5, 5.41) is 21.8. The number of aliphatic hydroxyl groups is 1.